The first kappa shape index (κ1) is 14.3. The first-order chi connectivity index (χ1) is 10.2. The van der Waals surface area contributed by atoms with Crippen molar-refractivity contribution in [3.8, 4) is 0 Å². The largest absolute Gasteiger partial charge is 0.448 e. The molecule has 4 heteroatoms. The van der Waals surface area contributed by atoms with Gasteiger partial charge < -0.3 is 9.15 Å². The molecule has 0 radical (unpaired) electrons. The molecule has 0 spiro atoms. The van der Waals surface area contributed by atoms with E-state index in [1.165, 1.54) is 5.56 Å². The maximum absolute atomic E-state index is 5.89. The second kappa shape index (κ2) is 6.41. The third kappa shape index (κ3) is 3.52. The Hall–Kier alpha value is -1.65. The van der Waals surface area contributed by atoms with Gasteiger partial charge in [0.15, 0.2) is 5.89 Å². The highest BCUT2D eigenvalue weighted by molar-refractivity contribution is 5.18. The quantitative estimate of drug-likeness (QED) is 0.863. The number of benzene rings is 1. The molecule has 2 heterocycles. The van der Waals surface area contributed by atoms with E-state index < -0.39 is 0 Å². The van der Waals surface area contributed by atoms with Gasteiger partial charge in [-0.3, -0.25) is 4.90 Å². The van der Waals surface area contributed by atoms with Crippen LogP contribution in [-0.4, -0.2) is 29.6 Å². The monoisotopic (exact) mass is 286 g/mol. The molecule has 0 N–H and O–H groups in total. The summed E-state index contributed by atoms with van der Waals surface area (Å²) in [5.41, 5.74) is 2.25. The maximum Gasteiger partial charge on any atom is 0.196 e. The van der Waals surface area contributed by atoms with Gasteiger partial charge in [-0.15, -0.1) is 0 Å². The molecule has 1 atom stereocenters. The van der Waals surface area contributed by atoms with E-state index in [9.17, 15) is 0 Å². The molecule has 0 bridgehead atoms. The second-order valence-corrected chi connectivity index (χ2v) is 5.84. The molecule has 1 aliphatic heterocycles. The summed E-state index contributed by atoms with van der Waals surface area (Å²) in [5, 5.41) is 0. The zero-order valence-corrected chi connectivity index (χ0v) is 12.7. The number of hydrogen-bond acceptors (Lipinski definition) is 4. The number of nitrogens with zero attached hydrogens (tertiary/aromatic N) is 2. The minimum Gasteiger partial charge on any atom is -0.448 e. The summed E-state index contributed by atoms with van der Waals surface area (Å²) < 4.78 is 11.4. The van der Waals surface area contributed by atoms with E-state index in [2.05, 4.69) is 48.0 Å². The van der Waals surface area contributed by atoms with E-state index in [-0.39, 0.29) is 6.10 Å². The average Bonchev–Trinajstić information content (AvgIpc) is 2.97. The van der Waals surface area contributed by atoms with Crippen LogP contribution in [0.2, 0.25) is 0 Å². The van der Waals surface area contributed by atoms with Gasteiger partial charge in [-0.25, -0.2) is 4.98 Å². The zero-order chi connectivity index (χ0) is 14.7. The molecule has 3 rings (SSSR count). The lowest BCUT2D eigenvalue weighted by Gasteiger charge is -2.32. The van der Waals surface area contributed by atoms with Crippen molar-refractivity contribution in [1.29, 1.82) is 0 Å². The summed E-state index contributed by atoms with van der Waals surface area (Å²) in [6, 6.07) is 10.4. The summed E-state index contributed by atoms with van der Waals surface area (Å²) in [7, 11) is 0. The SMILES string of the molecule is CC(C)c1nc(CN2CCO[C@@H](c3ccccc3)C2)co1. The lowest BCUT2D eigenvalue weighted by Crippen LogP contribution is -2.37. The minimum absolute atomic E-state index is 0.149. The lowest BCUT2D eigenvalue weighted by molar-refractivity contribution is -0.0333. The fraction of sp³-hybridized carbons (Fsp3) is 0.471. The molecule has 0 saturated carbocycles. The highest BCUT2D eigenvalue weighted by atomic mass is 16.5. The summed E-state index contributed by atoms with van der Waals surface area (Å²) in [6.07, 6.45) is 1.93. The Morgan fingerprint density at radius 1 is 1.29 bits per heavy atom. The van der Waals surface area contributed by atoms with E-state index in [1.807, 2.05) is 6.07 Å². The topological polar surface area (TPSA) is 38.5 Å². The highest BCUT2D eigenvalue weighted by Gasteiger charge is 2.22. The molecule has 1 aromatic heterocycles. The number of hydrogen-bond donors (Lipinski definition) is 0. The van der Waals surface area contributed by atoms with Crippen LogP contribution in [0.15, 0.2) is 41.0 Å². The Bertz CT molecular complexity index is 565. The molecule has 1 aromatic carbocycles. The smallest absolute Gasteiger partial charge is 0.196 e. The predicted octanol–water partition coefficient (Wildman–Crippen LogP) is 3.37. The Kier molecular flexibility index (Phi) is 4.36. The average molecular weight is 286 g/mol. The van der Waals surface area contributed by atoms with Crippen LogP contribution in [0.4, 0.5) is 0 Å². The Morgan fingerprint density at radius 2 is 2.10 bits per heavy atom. The molecule has 0 unspecified atom stereocenters. The third-order valence-electron chi connectivity index (χ3n) is 3.77. The number of oxazole rings is 1. The Labute approximate surface area is 125 Å². The van der Waals surface area contributed by atoms with Gasteiger partial charge in [0.25, 0.3) is 0 Å². The molecule has 21 heavy (non-hydrogen) atoms. The summed E-state index contributed by atoms with van der Waals surface area (Å²) in [5.74, 6) is 1.15. The van der Waals surface area contributed by atoms with Crippen molar-refractivity contribution in [2.24, 2.45) is 0 Å². The minimum atomic E-state index is 0.149. The van der Waals surface area contributed by atoms with Crippen LogP contribution in [0.25, 0.3) is 0 Å². The standard InChI is InChI=1S/C17H22N2O2/c1-13(2)17-18-15(12-21-17)10-19-8-9-20-16(11-19)14-6-4-3-5-7-14/h3-7,12-13,16H,8-11H2,1-2H3/t16-/m1/s1. The van der Waals surface area contributed by atoms with Gasteiger partial charge in [-0.2, -0.15) is 0 Å². The van der Waals surface area contributed by atoms with Crippen LogP contribution >= 0.6 is 0 Å². The Balaban J connectivity index is 1.63. The number of aromatic nitrogens is 1. The van der Waals surface area contributed by atoms with Gasteiger partial charge >= 0.3 is 0 Å². The van der Waals surface area contributed by atoms with Gasteiger partial charge in [0.05, 0.1) is 18.4 Å². The molecular formula is C17H22N2O2. The van der Waals surface area contributed by atoms with Crippen LogP contribution < -0.4 is 0 Å². The van der Waals surface area contributed by atoms with Crippen molar-refractivity contribution in [3.63, 3.8) is 0 Å². The first-order valence-electron chi connectivity index (χ1n) is 7.55. The van der Waals surface area contributed by atoms with E-state index in [1.54, 1.807) is 6.26 Å². The summed E-state index contributed by atoms with van der Waals surface area (Å²) in [6.45, 7) is 7.60. The third-order valence-corrected chi connectivity index (χ3v) is 3.77. The molecule has 1 fully saturated rings. The normalized spacial score (nSPS) is 20.0. The van der Waals surface area contributed by atoms with Crippen molar-refractivity contribution < 1.29 is 9.15 Å². The van der Waals surface area contributed by atoms with Gasteiger partial charge in [-0.05, 0) is 5.56 Å². The van der Waals surface area contributed by atoms with E-state index >= 15 is 0 Å². The fourth-order valence-electron chi connectivity index (χ4n) is 2.61. The van der Waals surface area contributed by atoms with E-state index in [4.69, 9.17) is 9.15 Å². The van der Waals surface area contributed by atoms with Gasteiger partial charge in [0.2, 0.25) is 0 Å². The van der Waals surface area contributed by atoms with Crippen molar-refractivity contribution in [2.75, 3.05) is 19.7 Å². The van der Waals surface area contributed by atoms with Crippen LogP contribution in [0.1, 0.15) is 43.0 Å². The number of rotatable bonds is 4. The van der Waals surface area contributed by atoms with E-state index in [0.717, 1.165) is 37.8 Å². The van der Waals surface area contributed by atoms with Gasteiger partial charge in [0, 0.05) is 25.6 Å². The van der Waals surface area contributed by atoms with Crippen LogP contribution in [0.5, 0.6) is 0 Å². The van der Waals surface area contributed by atoms with Gasteiger partial charge in [-0.1, -0.05) is 44.2 Å². The predicted molar refractivity (Wildman–Crippen MR) is 81.0 cm³/mol. The molecule has 2 aromatic rings. The molecule has 0 aliphatic carbocycles. The molecule has 1 saturated heterocycles. The van der Waals surface area contributed by atoms with Crippen molar-refractivity contribution in [2.45, 2.75) is 32.4 Å². The zero-order valence-electron chi connectivity index (χ0n) is 12.7. The van der Waals surface area contributed by atoms with Crippen LogP contribution in [-0.2, 0) is 11.3 Å². The second-order valence-electron chi connectivity index (χ2n) is 5.84. The van der Waals surface area contributed by atoms with E-state index in [0.29, 0.717) is 5.92 Å². The van der Waals surface area contributed by atoms with Crippen molar-refractivity contribution in [1.82, 2.24) is 9.88 Å². The number of morpholine rings is 1. The summed E-state index contributed by atoms with van der Waals surface area (Å²) in [4.78, 5) is 6.93. The molecule has 0 amide bonds. The van der Waals surface area contributed by atoms with Crippen molar-refractivity contribution in [3.05, 3.63) is 53.7 Å². The number of ether oxygens (including phenoxy) is 1. The van der Waals surface area contributed by atoms with Crippen molar-refractivity contribution >= 4 is 0 Å². The van der Waals surface area contributed by atoms with Gasteiger partial charge in [0.1, 0.15) is 6.26 Å². The molecule has 4 nitrogen and oxygen atoms in total. The molecule has 112 valence electrons. The molecular weight excluding hydrogens is 264 g/mol. The Morgan fingerprint density at radius 3 is 2.81 bits per heavy atom. The van der Waals surface area contributed by atoms with Crippen LogP contribution in [0.3, 0.4) is 0 Å². The first-order valence-corrected chi connectivity index (χ1v) is 7.55. The maximum atomic E-state index is 5.89. The molecule has 1 aliphatic rings. The highest BCUT2D eigenvalue weighted by Crippen LogP contribution is 2.23. The van der Waals surface area contributed by atoms with Crippen LogP contribution in [0, 0.1) is 0 Å². The lowest BCUT2D eigenvalue weighted by atomic mass is 10.1. The summed E-state index contributed by atoms with van der Waals surface area (Å²) >= 11 is 0. The fourth-order valence-corrected chi connectivity index (χ4v) is 2.61.